The van der Waals surface area contributed by atoms with Crippen LogP contribution in [0.5, 0.6) is 0 Å². The molecule has 2 unspecified atom stereocenters. The first-order valence-corrected chi connectivity index (χ1v) is 6.39. The minimum atomic E-state index is 0.604. The van der Waals surface area contributed by atoms with Crippen molar-refractivity contribution in [1.29, 1.82) is 0 Å². The highest BCUT2D eigenvalue weighted by molar-refractivity contribution is 7.99. The predicted octanol–water partition coefficient (Wildman–Crippen LogP) is 2.51. The van der Waals surface area contributed by atoms with E-state index in [1.807, 2.05) is 13.8 Å². The van der Waals surface area contributed by atoms with Gasteiger partial charge in [-0.05, 0) is 39.2 Å². The summed E-state index contributed by atoms with van der Waals surface area (Å²) in [5.74, 6) is 1.57. The van der Waals surface area contributed by atoms with E-state index in [2.05, 4.69) is 4.98 Å². The Morgan fingerprint density at radius 2 is 2.27 bits per heavy atom. The van der Waals surface area contributed by atoms with E-state index in [4.69, 9.17) is 10.2 Å². The second-order valence-electron chi connectivity index (χ2n) is 4.20. The number of nitrogens with two attached hydrogens (primary N) is 1. The van der Waals surface area contributed by atoms with Gasteiger partial charge in [-0.3, -0.25) is 0 Å². The lowest BCUT2D eigenvalue weighted by Gasteiger charge is -2.14. The van der Waals surface area contributed by atoms with E-state index in [0.717, 1.165) is 23.2 Å². The molecule has 3 nitrogen and oxygen atoms in total. The summed E-state index contributed by atoms with van der Waals surface area (Å²) in [7, 11) is 0. The number of nitrogens with zero attached hydrogens (tertiary/aromatic N) is 1. The zero-order valence-corrected chi connectivity index (χ0v) is 10.1. The molecule has 1 fully saturated rings. The molecule has 2 N–H and O–H groups in total. The number of aryl methyl sites for hydroxylation is 2. The van der Waals surface area contributed by atoms with Gasteiger partial charge in [-0.2, -0.15) is 0 Å². The van der Waals surface area contributed by atoms with Crippen LogP contribution < -0.4 is 5.73 Å². The fraction of sp³-hybridized carbons (Fsp3) is 0.727. The van der Waals surface area contributed by atoms with E-state index in [-0.39, 0.29) is 0 Å². The molecule has 15 heavy (non-hydrogen) atoms. The largest absolute Gasteiger partial charge is 0.437 e. The lowest BCUT2D eigenvalue weighted by molar-refractivity contribution is 0.428. The Morgan fingerprint density at radius 3 is 2.87 bits per heavy atom. The summed E-state index contributed by atoms with van der Waals surface area (Å²) in [6.45, 7) is 4.73. The first kappa shape index (κ1) is 11.0. The van der Waals surface area contributed by atoms with Gasteiger partial charge in [0.15, 0.2) is 0 Å². The zero-order valence-electron chi connectivity index (χ0n) is 9.32. The maximum Gasteiger partial charge on any atom is 0.256 e. The third-order valence-corrected chi connectivity index (χ3v) is 4.45. The van der Waals surface area contributed by atoms with Crippen molar-refractivity contribution in [2.75, 3.05) is 6.54 Å². The maximum absolute atomic E-state index is 5.75. The molecule has 1 aliphatic carbocycles. The van der Waals surface area contributed by atoms with Crippen LogP contribution >= 0.6 is 11.8 Å². The van der Waals surface area contributed by atoms with Gasteiger partial charge >= 0.3 is 0 Å². The van der Waals surface area contributed by atoms with E-state index in [9.17, 15) is 0 Å². The van der Waals surface area contributed by atoms with E-state index < -0.39 is 0 Å². The number of oxazole rings is 1. The van der Waals surface area contributed by atoms with Crippen LogP contribution in [0, 0.1) is 19.8 Å². The molecule has 0 aliphatic heterocycles. The minimum Gasteiger partial charge on any atom is -0.437 e. The van der Waals surface area contributed by atoms with Crippen LogP contribution in [-0.2, 0) is 0 Å². The summed E-state index contributed by atoms with van der Waals surface area (Å²) in [6, 6.07) is 0. The Kier molecular flexibility index (Phi) is 3.36. The number of hydrogen-bond donors (Lipinski definition) is 1. The smallest absolute Gasteiger partial charge is 0.256 e. The molecule has 0 spiro atoms. The Balaban J connectivity index is 2.02. The zero-order chi connectivity index (χ0) is 10.8. The summed E-state index contributed by atoms with van der Waals surface area (Å²) >= 11 is 1.76. The van der Waals surface area contributed by atoms with Gasteiger partial charge in [0, 0.05) is 5.25 Å². The van der Waals surface area contributed by atoms with Crippen LogP contribution in [0.3, 0.4) is 0 Å². The van der Waals surface area contributed by atoms with Gasteiger partial charge in [-0.1, -0.05) is 18.2 Å². The van der Waals surface area contributed by atoms with Crippen LogP contribution in [0.2, 0.25) is 0 Å². The van der Waals surface area contributed by atoms with E-state index >= 15 is 0 Å². The molecule has 0 radical (unpaired) electrons. The van der Waals surface area contributed by atoms with Crippen molar-refractivity contribution in [3.8, 4) is 0 Å². The summed E-state index contributed by atoms with van der Waals surface area (Å²) in [4.78, 5) is 4.40. The fourth-order valence-corrected chi connectivity index (χ4v) is 3.40. The average Bonchev–Trinajstić information content (AvgIpc) is 2.75. The molecule has 1 saturated carbocycles. The lowest BCUT2D eigenvalue weighted by atomic mass is 10.1. The number of hydrogen-bond acceptors (Lipinski definition) is 4. The van der Waals surface area contributed by atoms with E-state index in [1.165, 1.54) is 19.3 Å². The normalized spacial score (nSPS) is 26.1. The predicted molar refractivity (Wildman–Crippen MR) is 62.0 cm³/mol. The quantitative estimate of drug-likeness (QED) is 0.860. The van der Waals surface area contributed by atoms with Gasteiger partial charge in [0.25, 0.3) is 5.22 Å². The fourth-order valence-electron chi connectivity index (χ4n) is 2.05. The molecule has 1 aromatic rings. The van der Waals surface area contributed by atoms with E-state index in [0.29, 0.717) is 11.2 Å². The summed E-state index contributed by atoms with van der Waals surface area (Å²) in [5, 5.41) is 1.42. The third kappa shape index (κ3) is 2.37. The number of thioether (sulfide) groups is 1. The standard InChI is InChI=1S/C11H18N2OS/c1-7-8(2)14-11(13-7)15-10-5-3-4-9(10)6-12/h9-10H,3-6,12H2,1-2H3. The average molecular weight is 226 g/mol. The third-order valence-electron chi connectivity index (χ3n) is 3.15. The monoisotopic (exact) mass is 226 g/mol. The molecule has 1 heterocycles. The van der Waals surface area contributed by atoms with Gasteiger partial charge in [0.1, 0.15) is 5.76 Å². The molecular formula is C11H18N2OS. The molecule has 0 amide bonds. The van der Waals surface area contributed by atoms with Crippen LogP contribution in [0.15, 0.2) is 9.64 Å². The van der Waals surface area contributed by atoms with Crippen molar-refractivity contribution in [3.05, 3.63) is 11.5 Å². The summed E-state index contributed by atoms with van der Waals surface area (Å²) < 4.78 is 5.58. The first-order chi connectivity index (χ1) is 7.20. The highest BCUT2D eigenvalue weighted by Gasteiger charge is 2.28. The van der Waals surface area contributed by atoms with Crippen molar-refractivity contribution in [2.24, 2.45) is 11.7 Å². The van der Waals surface area contributed by atoms with Gasteiger partial charge < -0.3 is 10.2 Å². The highest BCUT2D eigenvalue weighted by Crippen LogP contribution is 2.38. The molecule has 0 aromatic carbocycles. The molecule has 2 atom stereocenters. The molecule has 2 rings (SSSR count). The van der Waals surface area contributed by atoms with Crippen LogP contribution in [-0.4, -0.2) is 16.8 Å². The van der Waals surface area contributed by atoms with Gasteiger partial charge in [0.05, 0.1) is 5.69 Å². The van der Waals surface area contributed by atoms with Crippen molar-refractivity contribution >= 4 is 11.8 Å². The van der Waals surface area contributed by atoms with Crippen molar-refractivity contribution in [3.63, 3.8) is 0 Å². The molecule has 4 heteroatoms. The number of aromatic nitrogens is 1. The minimum absolute atomic E-state index is 0.604. The van der Waals surface area contributed by atoms with Gasteiger partial charge in [-0.15, -0.1) is 0 Å². The molecular weight excluding hydrogens is 208 g/mol. The molecule has 0 saturated heterocycles. The second kappa shape index (κ2) is 4.58. The molecule has 84 valence electrons. The maximum atomic E-state index is 5.75. The Labute approximate surface area is 94.8 Å². The Hall–Kier alpha value is -0.480. The van der Waals surface area contributed by atoms with Crippen molar-refractivity contribution in [2.45, 2.75) is 43.6 Å². The van der Waals surface area contributed by atoms with Crippen LogP contribution in [0.1, 0.15) is 30.7 Å². The second-order valence-corrected chi connectivity index (χ2v) is 5.39. The van der Waals surface area contributed by atoms with Gasteiger partial charge in [0.2, 0.25) is 0 Å². The van der Waals surface area contributed by atoms with Crippen molar-refractivity contribution in [1.82, 2.24) is 4.98 Å². The van der Waals surface area contributed by atoms with Crippen molar-refractivity contribution < 1.29 is 4.42 Å². The molecule has 1 aromatic heterocycles. The highest BCUT2D eigenvalue weighted by atomic mass is 32.2. The first-order valence-electron chi connectivity index (χ1n) is 5.51. The van der Waals surface area contributed by atoms with Crippen LogP contribution in [0.4, 0.5) is 0 Å². The molecule has 0 bridgehead atoms. The SMILES string of the molecule is Cc1nc(SC2CCCC2CN)oc1C. The van der Waals surface area contributed by atoms with Gasteiger partial charge in [-0.25, -0.2) is 4.98 Å². The Morgan fingerprint density at radius 1 is 1.47 bits per heavy atom. The lowest BCUT2D eigenvalue weighted by Crippen LogP contribution is -2.20. The molecule has 1 aliphatic rings. The summed E-state index contributed by atoms with van der Waals surface area (Å²) in [5.41, 5.74) is 6.75. The Bertz CT molecular complexity index is 318. The summed E-state index contributed by atoms with van der Waals surface area (Å²) in [6.07, 6.45) is 3.79. The van der Waals surface area contributed by atoms with Crippen LogP contribution in [0.25, 0.3) is 0 Å². The topological polar surface area (TPSA) is 52.0 Å². The van der Waals surface area contributed by atoms with E-state index in [1.54, 1.807) is 11.8 Å². The number of rotatable bonds is 3.